The van der Waals surface area contributed by atoms with Crippen LogP contribution in [0, 0.1) is 0 Å². The van der Waals surface area contributed by atoms with Gasteiger partial charge in [0.15, 0.2) is 5.82 Å². The number of rotatable bonds is 12. The molecule has 5 rings (SSSR count). The van der Waals surface area contributed by atoms with Gasteiger partial charge in [0.05, 0.1) is 25.2 Å². The zero-order chi connectivity index (χ0) is 27.6. The second kappa shape index (κ2) is 13.4. The lowest BCUT2D eigenvalue weighted by atomic mass is 10.1. The summed E-state index contributed by atoms with van der Waals surface area (Å²) in [6.45, 7) is 0.720. The van der Waals surface area contributed by atoms with Crippen LogP contribution in [0.3, 0.4) is 0 Å². The predicted molar refractivity (Wildman–Crippen MR) is 156 cm³/mol. The van der Waals surface area contributed by atoms with Crippen molar-refractivity contribution in [3.05, 3.63) is 101 Å². The van der Waals surface area contributed by atoms with Crippen molar-refractivity contribution in [2.45, 2.75) is 38.5 Å². The fourth-order valence-corrected chi connectivity index (χ4v) is 5.03. The van der Waals surface area contributed by atoms with E-state index in [1.54, 1.807) is 6.07 Å². The summed E-state index contributed by atoms with van der Waals surface area (Å²) in [6, 6.07) is 21.2. The van der Waals surface area contributed by atoms with E-state index in [1.165, 1.54) is 11.3 Å². The van der Waals surface area contributed by atoms with Gasteiger partial charge >= 0.3 is 0 Å². The molecule has 204 valence electrons. The number of nitrogens with one attached hydrogen (secondary N) is 3. The molecule has 0 atom stereocenters. The Morgan fingerprint density at radius 1 is 0.825 bits per heavy atom. The van der Waals surface area contributed by atoms with Gasteiger partial charge in [-0.15, -0.1) is 15.3 Å². The van der Waals surface area contributed by atoms with Crippen molar-refractivity contribution in [1.82, 2.24) is 25.7 Å². The van der Waals surface area contributed by atoms with Crippen LogP contribution in [0.15, 0.2) is 79.1 Å². The number of aryl methyl sites for hydroxylation is 2. The van der Waals surface area contributed by atoms with Gasteiger partial charge in [0.2, 0.25) is 16.9 Å². The van der Waals surface area contributed by atoms with Gasteiger partial charge in [-0.05, 0) is 54.7 Å². The van der Waals surface area contributed by atoms with Gasteiger partial charge in [-0.25, -0.2) is 0 Å². The Morgan fingerprint density at radius 3 is 2.42 bits per heavy atom. The van der Waals surface area contributed by atoms with E-state index >= 15 is 0 Å². The summed E-state index contributed by atoms with van der Waals surface area (Å²) in [5.41, 5.74) is 3.79. The first-order chi connectivity index (χ1) is 19.6. The summed E-state index contributed by atoms with van der Waals surface area (Å²) in [6.07, 6.45) is 7.80. The molecule has 0 spiro atoms. The molecular weight excluding hydrogens is 524 g/mol. The summed E-state index contributed by atoms with van der Waals surface area (Å²) in [7, 11) is 0. The molecule has 0 bridgehead atoms. The van der Waals surface area contributed by atoms with Crippen LogP contribution in [0.25, 0.3) is 0 Å². The number of hydrogen-bond acceptors (Lipinski definition) is 9. The standard InChI is InChI=1S/C29H30N8O2S/c38-26(18-21-7-2-1-3-8-21)31-25-14-13-23(33-34-25)10-4-5-12-28-35-36-29(40-28)32-27(39)19-22-9-6-11-24(17-22)37-16-15-30-20-37/h1-3,6-9,11,13-17,30H,4-5,10,12,18-20H2,(H,31,34,38)(H,32,36,39). The zero-order valence-corrected chi connectivity index (χ0v) is 22.7. The number of nitrogens with zero attached hydrogens (tertiary/aromatic N) is 5. The van der Waals surface area contributed by atoms with Crippen molar-refractivity contribution in [2.75, 3.05) is 22.2 Å². The number of unbranched alkanes of at least 4 members (excludes halogenated alkanes) is 1. The molecule has 1 aliphatic heterocycles. The number of benzene rings is 2. The zero-order valence-electron chi connectivity index (χ0n) is 21.9. The fraction of sp³-hybridized carbons (Fsp3) is 0.241. The molecule has 10 nitrogen and oxygen atoms in total. The molecule has 2 amide bonds. The lowest BCUT2D eigenvalue weighted by molar-refractivity contribution is -0.116. The third kappa shape index (κ3) is 7.93. The molecule has 11 heteroatoms. The first-order valence-corrected chi connectivity index (χ1v) is 14.0. The lowest BCUT2D eigenvalue weighted by Crippen LogP contribution is -2.20. The summed E-state index contributed by atoms with van der Waals surface area (Å²) in [5, 5.41) is 26.9. The second-order valence-electron chi connectivity index (χ2n) is 9.37. The van der Waals surface area contributed by atoms with Crippen molar-refractivity contribution >= 4 is 39.8 Å². The minimum Gasteiger partial charge on any atom is -0.372 e. The maximum absolute atomic E-state index is 12.6. The Kier molecular flexibility index (Phi) is 9.05. The monoisotopic (exact) mass is 554 g/mol. The van der Waals surface area contributed by atoms with E-state index in [-0.39, 0.29) is 18.2 Å². The van der Waals surface area contributed by atoms with Crippen LogP contribution in [-0.2, 0) is 35.3 Å². The third-order valence-corrected chi connectivity index (χ3v) is 7.12. The van der Waals surface area contributed by atoms with Crippen LogP contribution >= 0.6 is 11.3 Å². The van der Waals surface area contributed by atoms with E-state index in [2.05, 4.69) is 41.2 Å². The molecule has 0 radical (unpaired) electrons. The molecule has 0 aliphatic carbocycles. The smallest absolute Gasteiger partial charge is 0.230 e. The second-order valence-corrected chi connectivity index (χ2v) is 10.4. The molecule has 0 unspecified atom stereocenters. The third-order valence-electron chi connectivity index (χ3n) is 6.22. The molecule has 2 aromatic carbocycles. The SMILES string of the molecule is O=C(Cc1ccccc1)Nc1ccc(CCCCc2nnc(NC(=O)Cc3cccc(N4C=CNC4)c3)s2)nn1. The number of aromatic nitrogens is 4. The van der Waals surface area contributed by atoms with E-state index in [1.807, 2.05) is 73.1 Å². The topological polar surface area (TPSA) is 125 Å². The molecule has 1 aliphatic rings. The largest absolute Gasteiger partial charge is 0.372 e. The number of carbonyl (C=O) groups is 2. The normalized spacial score (nSPS) is 12.2. The number of carbonyl (C=O) groups excluding carboxylic acids is 2. The van der Waals surface area contributed by atoms with E-state index in [0.29, 0.717) is 17.4 Å². The molecule has 3 heterocycles. The van der Waals surface area contributed by atoms with Crippen LogP contribution in [0.2, 0.25) is 0 Å². The van der Waals surface area contributed by atoms with Crippen molar-refractivity contribution in [3.8, 4) is 0 Å². The molecule has 4 aromatic rings. The predicted octanol–water partition coefficient (Wildman–Crippen LogP) is 4.09. The minimum atomic E-state index is -0.122. The van der Waals surface area contributed by atoms with Crippen LogP contribution in [-0.4, -0.2) is 38.9 Å². The molecular formula is C29H30N8O2S. The molecule has 0 saturated heterocycles. The number of amides is 2. The Hall–Kier alpha value is -4.64. The van der Waals surface area contributed by atoms with E-state index in [9.17, 15) is 9.59 Å². The molecule has 3 N–H and O–H groups in total. The Bertz CT molecular complexity index is 1460. The quantitative estimate of drug-likeness (QED) is 0.224. The molecule has 0 saturated carbocycles. The van der Waals surface area contributed by atoms with Gasteiger partial charge in [0.25, 0.3) is 0 Å². The van der Waals surface area contributed by atoms with Crippen molar-refractivity contribution in [2.24, 2.45) is 0 Å². The highest BCUT2D eigenvalue weighted by Crippen LogP contribution is 2.20. The van der Waals surface area contributed by atoms with E-state index in [4.69, 9.17) is 0 Å². The van der Waals surface area contributed by atoms with Crippen molar-refractivity contribution in [3.63, 3.8) is 0 Å². The summed E-state index contributed by atoms with van der Waals surface area (Å²) >= 11 is 1.40. The van der Waals surface area contributed by atoms with Gasteiger partial charge < -0.3 is 20.9 Å². The Balaban J connectivity index is 1.01. The number of anilines is 3. The van der Waals surface area contributed by atoms with Crippen LogP contribution in [0.4, 0.5) is 16.6 Å². The van der Waals surface area contributed by atoms with Crippen LogP contribution in [0.1, 0.15) is 34.7 Å². The highest BCUT2D eigenvalue weighted by atomic mass is 32.1. The fourth-order valence-electron chi connectivity index (χ4n) is 4.23. The van der Waals surface area contributed by atoms with E-state index in [0.717, 1.165) is 59.9 Å². The van der Waals surface area contributed by atoms with Gasteiger partial charge in [0.1, 0.15) is 5.01 Å². The van der Waals surface area contributed by atoms with Gasteiger partial charge in [0, 0.05) is 24.5 Å². The first-order valence-electron chi connectivity index (χ1n) is 13.1. The van der Waals surface area contributed by atoms with Gasteiger partial charge in [-0.1, -0.05) is 53.8 Å². The highest BCUT2D eigenvalue weighted by Gasteiger charge is 2.12. The maximum atomic E-state index is 12.6. The number of hydrogen-bond donors (Lipinski definition) is 3. The van der Waals surface area contributed by atoms with Crippen molar-refractivity contribution in [1.29, 1.82) is 0 Å². The Morgan fingerprint density at radius 2 is 1.62 bits per heavy atom. The van der Waals surface area contributed by atoms with Gasteiger partial charge in [-0.2, -0.15) is 5.10 Å². The average Bonchev–Trinajstić information content (AvgIpc) is 3.65. The average molecular weight is 555 g/mol. The minimum absolute atomic E-state index is 0.117. The van der Waals surface area contributed by atoms with E-state index < -0.39 is 0 Å². The summed E-state index contributed by atoms with van der Waals surface area (Å²) < 4.78 is 0. The first kappa shape index (κ1) is 26.9. The summed E-state index contributed by atoms with van der Waals surface area (Å²) in [4.78, 5) is 26.8. The highest BCUT2D eigenvalue weighted by molar-refractivity contribution is 7.15. The van der Waals surface area contributed by atoms with Crippen LogP contribution < -0.4 is 20.9 Å². The molecule has 40 heavy (non-hydrogen) atoms. The molecule has 2 aromatic heterocycles. The van der Waals surface area contributed by atoms with Crippen LogP contribution in [0.5, 0.6) is 0 Å². The summed E-state index contributed by atoms with van der Waals surface area (Å²) in [5.74, 6) is 0.207. The van der Waals surface area contributed by atoms with Gasteiger partial charge in [-0.3, -0.25) is 9.59 Å². The van der Waals surface area contributed by atoms with Crippen molar-refractivity contribution < 1.29 is 9.59 Å². The lowest BCUT2D eigenvalue weighted by Gasteiger charge is -2.15. The maximum Gasteiger partial charge on any atom is 0.230 e. The Labute approximate surface area is 236 Å². The molecule has 0 fully saturated rings.